The van der Waals surface area contributed by atoms with Crippen molar-refractivity contribution in [2.45, 2.75) is 12.3 Å². The number of hydrogen-bond acceptors (Lipinski definition) is 3. The van der Waals surface area contributed by atoms with Crippen LogP contribution in [-0.4, -0.2) is 20.8 Å². The number of nitrogens with two attached hydrogens (primary N) is 1. The van der Waals surface area contributed by atoms with Gasteiger partial charge in [-0.25, -0.2) is 0 Å². The first-order valence-corrected chi connectivity index (χ1v) is 6.74. The highest BCUT2D eigenvalue weighted by Crippen LogP contribution is 2.31. The Bertz CT molecular complexity index is 540. The molecule has 0 amide bonds. The van der Waals surface area contributed by atoms with Gasteiger partial charge in [0.15, 0.2) is 11.5 Å². The summed E-state index contributed by atoms with van der Waals surface area (Å²) in [7, 11) is 3.29. The summed E-state index contributed by atoms with van der Waals surface area (Å²) >= 11 is 0. The van der Waals surface area contributed by atoms with E-state index < -0.39 is 0 Å². The zero-order valence-corrected chi connectivity index (χ0v) is 12.0. The van der Waals surface area contributed by atoms with Crippen LogP contribution in [0, 0.1) is 0 Å². The topological polar surface area (TPSA) is 44.5 Å². The molecule has 2 N–H and O–H groups in total. The lowest BCUT2D eigenvalue weighted by Crippen LogP contribution is -2.15. The van der Waals surface area contributed by atoms with Crippen molar-refractivity contribution in [2.75, 3.05) is 20.8 Å². The Hall–Kier alpha value is -2.00. The Morgan fingerprint density at radius 3 is 2.25 bits per heavy atom. The highest BCUT2D eigenvalue weighted by Gasteiger charge is 2.13. The van der Waals surface area contributed by atoms with E-state index in [0.717, 1.165) is 17.9 Å². The van der Waals surface area contributed by atoms with Gasteiger partial charge >= 0.3 is 0 Å². The first-order chi connectivity index (χ1) is 9.78. The second kappa shape index (κ2) is 6.96. The molecule has 0 bridgehead atoms. The zero-order chi connectivity index (χ0) is 14.4. The summed E-state index contributed by atoms with van der Waals surface area (Å²) in [6.45, 7) is 0.602. The SMILES string of the molecule is COc1ccc(C(CN)Cc2ccccc2)cc1OC. The second-order valence-electron chi connectivity index (χ2n) is 4.74. The van der Waals surface area contributed by atoms with Crippen LogP contribution in [0.25, 0.3) is 0 Å². The van der Waals surface area contributed by atoms with Crippen LogP contribution >= 0.6 is 0 Å². The molecule has 0 radical (unpaired) electrons. The van der Waals surface area contributed by atoms with Crippen molar-refractivity contribution in [3.63, 3.8) is 0 Å². The highest BCUT2D eigenvalue weighted by atomic mass is 16.5. The van der Waals surface area contributed by atoms with Crippen molar-refractivity contribution in [2.24, 2.45) is 5.73 Å². The van der Waals surface area contributed by atoms with E-state index in [1.54, 1.807) is 14.2 Å². The third-order valence-corrected chi connectivity index (χ3v) is 3.49. The van der Waals surface area contributed by atoms with Crippen LogP contribution in [-0.2, 0) is 6.42 Å². The number of benzene rings is 2. The van der Waals surface area contributed by atoms with Crippen LogP contribution in [0.5, 0.6) is 11.5 Å². The van der Waals surface area contributed by atoms with Gasteiger partial charge in [0.1, 0.15) is 0 Å². The molecule has 2 rings (SSSR count). The van der Waals surface area contributed by atoms with E-state index in [-0.39, 0.29) is 5.92 Å². The van der Waals surface area contributed by atoms with Crippen molar-refractivity contribution in [3.05, 3.63) is 59.7 Å². The molecule has 0 saturated carbocycles. The highest BCUT2D eigenvalue weighted by molar-refractivity contribution is 5.44. The molecule has 0 saturated heterocycles. The van der Waals surface area contributed by atoms with Crippen LogP contribution in [0.3, 0.4) is 0 Å². The maximum atomic E-state index is 5.94. The van der Waals surface area contributed by atoms with E-state index in [2.05, 4.69) is 30.3 Å². The molecule has 0 heterocycles. The molecule has 2 aromatic rings. The Morgan fingerprint density at radius 2 is 1.65 bits per heavy atom. The maximum absolute atomic E-state index is 5.94. The molecule has 20 heavy (non-hydrogen) atoms. The normalized spacial score (nSPS) is 11.9. The van der Waals surface area contributed by atoms with Crippen LogP contribution in [0.2, 0.25) is 0 Å². The average Bonchev–Trinajstić information content (AvgIpc) is 2.53. The molecule has 1 unspecified atom stereocenters. The third kappa shape index (κ3) is 3.31. The summed E-state index contributed by atoms with van der Waals surface area (Å²) < 4.78 is 10.6. The van der Waals surface area contributed by atoms with E-state index >= 15 is 0 Å². The van der Waals surface area contributed by atoms with E-state index in [4.69, 9.17) is 15.2 Å². The Balaban J connectivity index is 2.23. The molecule has 0 aliphatic heterocycles. The molecular formula is C17H21NO2. The zero-order valence-electron chi connectivity index (χ0n) is 12.0. The van der Waals surface area contributed by atoms with Gasteiger partial charge < -0.3 is 15.2 Å². The van der Waals surface area contributed by atoms with Crippen LogP contribution in [0.1, 0.15) is 17.0 Å². The van der Waals surface area contributed by atoms with Crippen LogP contribution < -0.4 is 15.2 Å². The fraction of sp³-hybridized carbons (Fsp3) is 0.294. The van der Waals surface area contributed by atoms with Gasteiger partial charge in [0.2, 0.25) is 0 Å². The minimum absolute atomic E-state index is 0.275. The number of rotatable bonds is 6. The van der Waals surface area contributed by atoms with Gasteiger partial charge in [-0.05, 0) is 36.2 Å². The van der Waals surface area contributed by atoms with E-state index in [1.807, 2.05) is 18.2 Å². The summed E-state index contributed by atoms with van der Waals surface area (Å²) in [5.74, 6) is 1.76. The fourth-order valence-electron chi connectivity index (χ4n) is 2.34. The first-order valence-electron chi connectivity index (χ1n) is 6.74. The lowest BCUT2D eigenvalue weighted by molar-refractivity contribution is 0.354. The first kappa shape index (κ1) is 14.4. The third-order valence-electron chi connectivity index (χ3n) is 3.49. The summed E-state index contributed by atoms with van der Waals surface area (Å²) in [4.78, 5) is 0. The smallest absolute Gasteiger partial charge is 0.160 e. The Kier molecular flexibility index (Phi) is 5.02. The monoisotopic (exact) mass is 271 g/mol. The lowest BCUT2D eigenvalue weighted by atomic mass is 9.92. The van der Waals surface area contributed by atoms with Crippen molar-refractivity contribution in [1.82, 2.24) is 0 Å². The summed E-state index contributed by atoms with van der Waals surface area (Å²) in [5, 5.41) is 0. The number of hydrogen-bond donors (Lipinski definition) is 1. The van der Waals surface area contributed by atoms with Gasteiger partial charge in [0.25, 0.3) is 0 Å². The van der Waals surface area contributed by atoms with Gasteiger partial charge in [0.05, 0.1) is 14.2 Å². The molecule has 0 aliphatic rings. The predicted molar refractivity (Wildman–Crippen MR) is 81.5 cm³/mol. The van der Waals surface area contributed by atoms with Crippen molar-refractivity contribution in [3.8, 4) is 11.5 Å². The van der Waals surface area contributed by atoms with Crippen molar-refractivity contribution in [1.29, 1.82) is 0 Å². The van der Waals surface area contributed by atoms with Crippen molar-refractivity contribution < 1.29 is 9.47 Å². The maximum Gasteiger partial charge on any atom is 0.160 e. The largest absolute Gasteiger partial charge is 0.493 e. The molecular weight excluding hydrogens is 250 g/mol. The molecule has 106 valence electrons. The average molecular weight is 271 g/mol. The molecule has 3 nitrogen and oxygen atoms in total. The van der Waals surface area contributed by atoms with Crippen LogP contribution in [0.15, 0.2) is 48.5 Å². The standard InChI is InChI=1S/C17H21NO2/c1-19-16-9-8-14(11-17(16)20-2)15(12-18)10-13-6-4-3-5-7-13/h3-9,11,15H,10,12,18H2,1-2H3. The van der Waals surface area contributed by atoms with Crippen molar-refractivity contribution >= 4 is 0 Å². The molecule has 2 aromatic carbocycles. The Labute approximate surface area is 120 Å². The van der Waals surface area contributed by atoms with E-state index in [9.17, 15) is 0 Å². The lowest BCUT2D eigenvalue weighted by Gasteiger charge is -2.17. The number of ether oxygens (including phenoxy) is 2. The van der Waals surface area contributed by atoms with E-state index in [0.29, 0.717) is 6.54 Å². The Morgan fingerprint density at radius 1 is 0.950 bits per heavy atom. The molecule has 0 aliphatic carbocycles. The molecule has 3 heteroatoms. The summed E-state index contributed by atoms with van der Waals surface area (Å²) in [6, 6.07) is 16.4. The van der Waals surface area contributed by atoms with Gasteiger partial charge in [-0.2, -0.15) is 0 Å². The van der Waals surface area contributed by atoms with Gasteiger partial charge in [-0.3, -0.25) is 0 Å². The predicted octanol–water partition coefficient (Wildman–Crippen LogP) is 2.99. The minimum atomic E-state index is 0.275. The van der Waals surface area contributed by atoms with Gasteiger partial charge in [0, 0.05) is 5.92 Å². The number of methoxy groups -OCH3 is 2. The summed E-state index contributed by atoms with van der Waals surface area (Å²) in [5.41, 5.74) is 8.41. The quantitative estimate of drug-likeness (QED) is 0.878. The van der Waals surface area contributed by atoms with Crippen LogP contribution in [0.4, 0.5) is 0 Å². The molecule has 1 atom stereocenters. The van der Waals surface area contributed by atoms with Gasteiger partial charge in [-0.15, -0.1) is 0 Å². The van der Waals surface area contributed by atoms with E-state index in [1.165, 1.54) is 11.1 Å². The van der Waals surface area contributed by atoms with Gasteiger partial charge in [-0.1, -0.05) is 36.4 Å². The fourth-order valence-corrected chi connectivity index (χ4v) is 2.34. The molecule has 0 spiro atoms. The molecule has 0 fully saturated rings. The second-order valence-corrected chi connectivity index (χ2v) is 4.74. The molecule has 0 aromatic heterocycles. The minimum Gasteiger partial charge on any atom is -0.493 e. The summed E-state index contributed by atoms with van der Waals surface area (Å²) in [6.07, 6.45) is 0.923.